The number of pyridine rings is 1. The van der Waals surface area contributed by atoms with E-state index < -0.39 is 0 Å². The lowest BCUT2D eigenvalue weighted by atomic mass is 9.96. The van der Waals surface area contributed by atoms with E-state index in [4.69, 9.17) is 10.5 Å². The summed E-state index contributed by atoms with van der Waals surface area (Å²) in [7, 11) is 0. The molecule has 0 unspecified atom stereocenters. The second-order valence-corrected chi connectivity index (χ2v) is 6.11. The predicted octanol–water partition coefficient (Wildman–Crippen LogP) is 2.26. The van der Waals surface area contributed by atoms with Gasteiger partial charge in [0.05, 0.1) is 18.1 Å². The van der Waals surface area contributed by atoms with Gasteiger partial charge in [0, 0.05) is 18.7 Å². The highest BCUT2D eigenvalue weighted by Crippen LogP contribution is 2.28. The first kappa shape index (κ1) is 15.4. The minimum Gasteiger partial charge on any atom is -0.472 e. The summed E-state index contributed by atoms with van der Waals surface area (Å²) in [5.74, 6) is 1.02. The van der Waals surface area contributed by atoms with Crippen molar-refractivity contribution in [1.82, 2.24) is 19.4 Å². The van der Waals surface area contributed by atoms with Crippen LogP contribution in [0.5, 0.6) is 5.88 Å². The number of aromatic nitrogens is 4. The molecule has 128 valence electrons. The molecule has 3 heterocycles. The predicted molar refractivity (Wildman–Crippen MR) is 93.2 cm³/mol. The van der Waals surface area contributed by atoms with Gasteiger partial charge < -0.3 is 20.2 Å². The molecule has 0 saturated heterocycles. The van der Waals surface area contributed by atoms with Gasteiger partial charge in [-0.2, -0.15) is 0 Å². The van der Waals surface area contributed by atoms with E-state index >= 15 is 0 Å². The van der Waals surface area contributed by atoms with Gasteiger partial charge in [-0.25, -0.2) is 15.0 Å². The topological polar surface area (TPSA) is 107 Å². The van der Waals surface area contributed by atoms with Crippen molar-refractivity contribution in [3.63, 3.8) is 0 Å². The summed E-state index contributed by atoms with van der Waals surface area (Å²) in [6.45, 7) is 1.45. The average Bonchev–Trinajstić information content (AvgIpc) is 2.92. The molecule has 3 N–H and O–H groups in total. The number of nitrogens with one attached hydrogen (secondary N) is 1. The quantitative estimate of drug-likeness (QED) is 0.755. The maximum Gasteiger partial charge on any atom is 0.258 e. The number of fused-ring (bicyclic) bond motifs is 1. The maximum atomic E-state index is 11.2. The van der Waals surface area contributed by atoms with Gasteiger partial charge >= 0.3 is 0 Å². The largest absolute Gasteiger partial charge is 0.472 e. The molecule has 0 spiro atoms. The van der Waals surface area contributed by atoms with E-state index in [9.17, 15) is 4.79 Å². The minimum atomic E-state index is -0.161. The zero-order valence-electron chi connectivity index (χ0n) is 13.8. The maximum absolute atomic E-state index is 11.2. The third-order valence-electron chi connectivity index (χ3n) is 4.15. The van der Waals surface area contributed by atoms with E-state index in [-0.39, 0.29) is 12.0 Å². The zero-order chi connectivity index (χ0) is 17.4. The second-order valence-electron chi connectivity index (χ2n) is 6.11. The normalized spacial score (nSPS) is 14.3. The van der Waals surface area contributed by atoms with Crippen molar-refractivity contribution in [3.8, 4) is 17.1 Å². The number of ether oxygens (including phenoxy) is 1. The van der Waals surface area contributed by atoms with Crippen LogP contribution >= 0.6 is 0 Å². The minimum absolute atomic E-state index is 0.161. The van der Waals surface area contributed by atoms with Crippen molar-refractivity contribution < 1.29 is 9.53 Å². The van der Waals surface area contributed by atoms with Gasteiger partial charge in [-0.05, 0) is 31.4 Å². The van der Waals surface area contributed by atoms with E-state index in [0.717, 1.165) is 24.1 Å². The molecule has 0 bridgehead atoms. The molecule has 0 aromatic carbocycles. The molecule has 1 aliphatic rings. The first-order chi connectivity index (χ1) is 12.1. The van der Waals surface area contributed by atoms with Crippen molar-refractivity contribution in [1.29, 1.82) is 0 Å². The Hall–Kier alpha value is -3.16. The van der Waals surface area contributed by atoms with Gasteiger partial charge in [0.2, 0.25) is 5.91 Å². The van der Waals surface area contributed by atoms with Gasteiger partial charge in [0.25, 0.3) is 5.88 Å². The number of nitrogens with two attached hydrogens (primary N) is 1. The highest BCUT2D eigenvalue weighted by molar-refractivity contribution is 5.87. The molecule has 4 rings (SSSR count). The smallest absolute Gasteiger partial charge is 0.258 e. The molecule has 0 radical (unpaired) electrons. The number of nitrogens with zero attached hydrogens (tertiary/aromatic N) is 4. The Bertz CT molecular complexity index is 947. The molecule has 8 heteroatoms. The van der Waals surface area contributed by atoms with Crippen molar-refractivity contribution in [2.75, 3.05) is 11.1 Å². The van der Waals surface area contributed by atoms with Crippen LogP contribution < -0.4 is 15.8 Å². The van der Waals surface area contributed by atoms with Crippen LogP contribution in [0.1, 0.15) is 26.2 Å². The standard InChI is InChI=1S/C17H18N6O2/c1-10(24)20-14-9-23-8-11(5-6-15(23)22-14)13-7-19-16(18)17(21-13)25-12-3-2-4-12/h5-9,12H,2-4H2,1H3,(H2,18,19)(H,20,24). The Morgan fingerprint density at radius 2 is 2.16 bits per heavy atom. The highest BCUT2D eigenvalue weighted by Gasteiger charge is 2.21. The fourth-order valence-corrected chi connectivity index (χ4v) is 2.64. The van der Waals surface area contributed by atoms with E-state index in [1.807, 2.05) is 22.7 Å². The first-order valence-electron chi connectivity index (χ1n) is 8.14. The number of hydrogen-bond donors (Lipinski definition) is 2. The lowest BCUT2D eigenvalue weighted by Gasteiger charge is -2.26. The van der Waals surface area contributed by atoms with Crippen molar-refractivity contribution in [2.24, 2.45) is 0 Å². The molecule has 0 atom stereocenters. The molecular weight excluding hydrogens is 320 g/mol. The fourth-order valence-electron chi connectivity index (χ4n) is 2.64. The highest BCUT2D eigenvalue weighted by atomic mass is 16.5. The average molecular weight is 338 g/mol. The van der Waals surface area contributed by atoms with Crippen LogP contribution in [0.3, 0.4) is 0 Å². The zero-order valence-corrected chi connectivity index (χ0v) is 13.8. The molecule has 8 nitrogen and oxygen atoms in total. The lowest BCUT2D eigenvalue weighted by Crippen LogP contribution is -2.25. The van der Waals surface area contributed by atoms with E-state index in [1.165, 1.54) is 13.3 Å². The van der Waals surface area contributed by atoms with Gasteiger partial charge in [-0.1, -0.05) is 0 Å². The van der Waals surface area contributed by atoms with Crippen molar-refractivity contribution in [3.05, 3.63) is 30.7 Å². The van der Waals surface area contributed by atoms with Crippen LogP contribution in [0.4, 0.5) is 11.6 Å². The number of hydrogen-bond acceptors (Lipinski definition) is 6. The Morgan fingerprint density at radius 3 is 2.88 bits per heavy atom. The number of anilines is 2. The Kier molecular flexibility index (Phi) is 3.72. The molecule has 1 saturated carbocycles. The monoisotopic (exact) mass is 338 g/mol. The summed E-state index contributed by atoms with van der Waals surface area (Å²) in [4.78, 5) is 24.2. The van der Waals surface area contributed by atoms with E-state index in [1.54, 1.807) is 12.4 Å². The van der Waals surface area contributed by atoms with Crippen molar-refractivity contribution >= 4 is 23.2 Å². The molecular formula is C17H18N6O2. The summed E-state index contributed by atoms with van der Waals surface area (Å²) in [5, 5.41) is 2.67. The first-order valence-corrected chi connectivity index (χ1v) is 8.14. The number of nitrogen functional groups attached to an aromatic ring is 1. The van der Waals surface area contributed by atoms with Gasteiger partial charge in [0.1, 0.15) is 11.8 Å². The van der Waals surface area contributed by atoms with E-state index in [2.05, 4.69) is 20.3 Å². The summed E-state index contributed by atoms with van der Waals surface area (Å²) in [5.41, 5.74) is 8.12. The summed E-state index contributed by atoms with van der Waals surface area (Å²) in [6.07, 6.45) is 8.65. The molecule has 3 aromatic rings. The third-order valence-corrected chi connectivity index (χ3v) is 4.15. The summed E-state index contributed by atoms with van der Waals surface area (Å²) >= 11 is 0. The van der Waals surface area contributed by atoms with Crippen molar-refractivity contribution in [2.45, 2.75) is 32.3 Å². The van der Waals surface area contributed by atoms with E-state index in [0.29, 0.717) is 23.2 Å². The number of carbonyl (C=O) groups excluding carboxylic acids is 1. The Morgan fingerprint density at radius 1 is 1.32 bits per heavy atom. The summed E-state index contributed by atoms with van der Waals surface area (Å²) in [6, 6.07) is 3.75. The number of carbonyl (C=O) groups is 1. The van der Waals surface area contributed by atoms with Crippen LogP contribution in [-0.4, -0.2) is 31.4 Å². The van der Waals surface area contributed by atoms with Gasteiger partial charge in [-0.3, -0.25) is 4.79 Å². The van der Waals surface area contributed by atoms with Crippen LogP contribution in [-0.2, 0) is 4.79 Å². The third kappa shape index (κ3) is 3.10. The number of rotatable bonds is 4. The molecule has 1 aliphatic carbocycles. The molecule has 3 aromatic heterocycles. The molecule has 25 heavy (non-hydrogen) atoms. The number of imidazole rings is 1. The molecule has 1 fully saturated rings. The lowest BCUT2D eigenvalue weighted by molar-refractivity contribution is -0.114. The van der Waals surface area contributed by atoms with Crippen LogP contribution in [0, 0.1) is 0 Å². The van der Waals surface area contributed by atoms with Gasteiger partial charge in [0.15, 0.2) is 11.6 Å². The molecule has 1 amide bonds. The SMILES string of the molecule is CC(=O)Nc1cn2cc(-c3cnc(N)c(OC4CCC4)n3)ccc2n1. The van der Waals surface area contributed by atoms with Crippen LogP contribution in [0.2, 0.25) is 0 Å². The van der Waals surface area contributed by atoms with Gasteiger partial charge in [-0.15, -0.1) is 0 Å². The second kappa shape index (κ2) is 6.04. The molecule has 0 aliphatic heterocycles. The summed E-state index contributed by atoms with van der Waals surface area (Å²) < 4.78 is 7.64. The Labute approximate surface area is 144 Å². The van der Waals surface area contributed by atoms with Crippen LogP contribution in [0.25, 0.3) is 16.9 Å². The Balaban J connectivity index is 1.66. The van der Waals surface area contributed by atoms with Crippen LogP contribution in [0.15, 0.2) is 30.7 Å². The number of amides is 1. The fraction of sp³-hybridized carbons (Fsp3) is 0.294.